The topological polar surface area (TPSA) is 50.7 Å². The molecule has 1 amide bonds. The molecule has 0 radical (unpaired) electrons. The number of nitrogens with zero attached hydrogens (tertiary/aromatic N) is 1. The van der Waals surface area contributed by atoms with Gasteiger partial charge in [-0.3, -0.25) is 0 Å². The van der Waals surface area contributed by atoms with Crippen LogP contribution in [0.1, 0.15) is 26.3 Å². The number of carbonyl (C=O) groups is 1. The van der Waals surface area contributed by atoms with Crippen molar-refractivity contribution in [3.8, 4) is 0 Å². The van der Waals surface area contributed by atoms with Gasteiger partial charge in [0.2, 0.25) is 5.82 Å². The number of carbonyl (C=O) groups excluding carboxylic acids is 1. The molecule has 0 aliphatic rings. The van der Waals surface area contributed by atoms with E-state index in [1.165, 1.54) is 0 Å². The molecule has 0 atom stereocenters. The lowest BCUT2D eigenvalue weighted by atomic mass is 10.2. The number of rotatable bonds is 2. The molecular formula is C12H11F5N2O2. The fourth-order valence-electron chi connectivity index (χ4n) is 1.19. The van der Waals surface area contributed by atoms with Crippen molar-refractivity contribution >= 4 is 12.3 Å². The highest BCUT2D eigenvalue weighted by Gasteiger charge is 2.24. The molecule has 0 aliphatic carbocycles. The zero-order valence-corrected chi connectivity index (χ0v) is 11.2. The first-order valence-electron chi connectivity index (χ1n) is 5.58. The van der Waals surface area contributed by atoms with Crippen LogP contribution >= 0.6 is 0 Å². The van der Waals surface area contributed by atoms with E-state index in [1.54, 1.807) is 26.2 Å². The van der Waals surface area contributed by atoms with Crippen molar-refractivity contribution in [3.05, 3.63) is 34.6 Å². The van der Waals surface area contributed by atoms with E-state index >= 15 is 0 Å². The largest absolute Gasteiger partial charge is 0.443 e. The summed E-state index contributed by atoms with van der Waals surface area (Å²) >= 11 is 0. The first kappa shape index (κ1) is 16.9. The van der Waals surface area contributed by atoms with Gasteiger partial charge in [-0.15, -0.1) is 0 Å². The van der Waals surface area contributed by atoms with Crippen molar-refractivity contribution in [2.24, 2.45) is 5.10 Å². The summed E-state index contributed by atoms with van der Waals surface area (Å²) in [6, 6.07) is 0. The number of amides is 1. The quantitative estimate of drug-likeness (QED) is 0.300. The number of benzene rings is 1. The molecule has 0 bridgehead atoms. The summed E-state index contributed by atoms with van der Waals surface area (Å²) in [4.78, 5) is 11.2. The zero-order chi connectivity index (χ0) is 16.4. The summed E-state index contributed by atoms with van der Waals surface area (Å²) in [5.41, 5.74) is -0.387. The van der Waals surface area contributed by atoms with Crippen LogP contribution in [0.4, 0.5) is 26.7 Å². The van der Waals surface area contributed by atoms with Crippen molar-refractivity contribution in [1.29, 1.82) is 0 Å². The standard InChI is InChI=1S/C12H11F5N2O2/c1-12(2,3)21-11(20)19-18-4-5-6(13)8(15)10(17)9(16)7(5)14/h4H,1-3H3,(H,19,20)/b18-4-. The molecule has 0 saturated carbocycles. The van der Waals surface area contributed by atoms with Crippen LogP contribution in [-0.2, 0) is 4.74 Å². The van der Waals surface area contributed by atoms with E-state index < -0.39 is 46.3 Å². The van der Waals surface area contributed by atoms with Crippen LogP contribution in [0.2, 0.25) is 0 Å². The Kier molecular flexibility index (Phi) is 4.87. The van der Waals surface area contributed by atoms with Crippen molar-refractivity contribution in [2.45, 2.75) is 26.4 Å². The van der Waals surface area contributed by atoms with Gasteiger partial charge in [-0.2, -0.15) is 5.10 Å². The van der Waals surface area contributed by atoms with Crippen LogP contribution in [0, 0.1) is 29.1 Å². The van der Waals surface area contributed by atoms with Crippen LogP contribution in [0.5, 0.6) is 0 Å². The lowest BCUT2D eigenvalue weighted by molar-refractivity contribution is 0.0529. The van der Waals surface area contributed by atoms with Crippen molar-refractivity contribution in [1.82, 2.24) is 5.43 Å². The predicted octanol–water partition coefficient (Wildman–Crippen LogP) is 3.24. The molecule has 0 aromatic heterocycles. The second-order valence-electron chi connectivity index (χ2n) is 4.86. The molecule has 9 heteroatoms. The van der Waals surface area contributed by atoms with Gasteiger partial charge >= 0.3 is 6.09 Å². The molecule has 1 aromatic rings. The van der Waals surface area contributed by atoms with Gasteiger partial charge < -0.3 is 4.74 Å². The first-order valence-corrected chi connectivity index (χ1v) is 5.58. The van der Waals surface area contributed by atoms with Crippen LogP contribution in [0.3, 0.4) is 0 Å². The Balaban J connectivity index is 2.94. The van der Waals surface area contributed by atoms with Gasteiger partial charge in [0, 0.05) is 0 Å². The number of ether oxygens (including phenoxy) is 1. The van der Waals surface area contributed by atoms with E-state index in [2.05, 4.69) is 5.10 Å². The third-order valence-corrected chi connectivity index (χ3v) is 1.99. The highest BCUT2D eigenvalue weighted by atomic mass is 19.2. The molecule has 4 nitrogen and oxygen atoms in total. The van der Waals surface area contributed by atoms with Crippen molar-refractivity contribution in [2.75, 3.05) is 0 Å². The molecule has 0 spiro atoms. The van der Waals surface area contributed by atoms with Gasteiger partial charge in [0.15, 0.2) is 23.3 Å². The molecule has 1 aromatic carbocycles. The number of nitrogens with one attached hydrogen (secondary N) is 1. The summed E-state index contributed by atoms with van der Waals surface area (Å²) in [7, 11) is 0. The minimum absolute atomic E-state index is 0.292. The molecular weight excluding hydrogens is 299 g/mol. The summed E-state index contributed by atoms with van der Waals surface area (Å²) in [6.07, 6.45) is -0.761. The summed E-state index contributed by atoms with van der Waals surface area (Å²) in [6.45, 7) is 4.67. The van der Waals surface area contributed by atoms with Crippen molar-refractivity contribution < 1.29 is 31.5 Å². The molecule has 0 fully saturated rings. The number of hydrogen-bond donors (Lipinski definition) is 1. The molecule has 1 N–H and O–H groups in total. The van der Waals surface area contributed by atoms with E-state index in [0.29, 0.717) is 6.21 Å². The van der Waals surface area contributed by atoms with E-state index in [9.17, 15) is 26.7 Å². The second kappa shape index (κ2) is 6.06. The average Bonchev–Trinajstić information content (AvgIpc) is 2.36. The van der Waals surface area contributed by atoms with Gasteiger partial charge in [0.25, 0.3) is 0 Å². The Labute approximate surface area is 116 Å². The fraction of sp³-hybridized carbons (Fsp3) is 0.333. The lowest BCUT2D eigenvalue weighted by Crippen LogP contribution is -2.29. The van der Waals surface area contributed by atoms with Gasteiger partial charge in [0.05, 0.1) is 11.8 Å². The van der Waals surface area contributed by atoms with Gasteiger partial charge in [-0.05, 0) is 20.8 Å². The molecule has 0 heterocycles. The predicted molar refractivity (Wildman–Crippen MR) is 63.2 cm³/mol. The van der Waals surface area contributed by atoms with E-state index in [1.807, 2.05) is 0 Å². The minimum Gasteiger partial charge on any atom is -0.443 e. The molecule has 0 saturated heterocycles. The Hall–Kier alpha value is -2.19. The summed E-state index contributed by atoms with van der Waals surface area (Å²) in [5, 5.41) is 3.07. The smallest absolute Gasteiger partial charge is 0.428 e. The SMILES string of the molecule is CC(C)(C)OC(=O)N/N=C\c1c(F)c(F)c(F)c(F)c1F. The maximum atomic E-state index is 13.2. The zero-order valence-electron chi connectivity index (χ0n) is 11.2. The Morgan fingerprint density at radius 1 is 1.00 bits per heavy atom. The monoisotopic (exact) mass is 310 g/mol. The lowest BCUT2D eigenvalue weighted by Gasteiger charge is -2.18. The first-order chi connectivity index (χ1) is 9.54. The van der Waals surface area contributed by atoms with Gasteiger partial charge in [0.1, 0.15) is 5.60 Å². The van der Waals surface area contributed by atoms with E-state index in [4.69, 9.17) is 4.74 Å². The third-order valence-electron chi connectivity index (χ3n) is 1.99. The number of halogens is 5. The minimum atomic E-state index is -2.28. The number of hydrazone groups is 1. The molecule has 1 rings (SSSR count). The highest BCUT2D eigenvalue weighted by Crippen LogP contribution is 2.21. The van der Waals surface area contributed by atoms with Crippen LogP contribution in [0.15, 0.2) is 5.10 Å². The summed E-state index contributed by atoms with van der Waals surface area (Å²) < 4.78 is 69.8. The normalized spacial score (nSPS) is 11.8. The molecule has 0 aliphatic heterocycles. The van der Waals surface area contributed by atoms with Gasteiger partial charge in [-0.1, -0.05) is 0 Å². The fourth-order valence-corrected chi connectivity index (χ4v) is 1.19. The highest BCUT2D eigenvalue weighted by molar-refractivity contribution is 5.81. The molecule has 116 valence electrons. The maximum absolute atomic E-state index is 13.2. The molecule has 0 unspecified atom stereocenters. The Bertz CT molecular complexity index is 567. The average molecular weight is 310 g/mol. The Morgan fingerprint density at radius 2 is 1.43 bits per heavy atom. The maximum Gasteiger partial charge on any atom is 0.428 e. The van der Waals surface area contributed by atoms with Crippen LogP contribution in [-0.4, -0.2) is 17.9 Å². The Morgan fingerprint density at radius 3 is 1.86 bits per heavy atom. The van der Waals surface area contributed by atoms with Crippen LogP contribution in [0.25, 0.3) is 0 Å². The number of hydrogen-bond acceptors (Lipinski definition) is 3. The summed E-state index contributed by atoms with van der Waals surface area (Å²) in [5.74, 6) is -10.6. The van der Waals surface area contributed by atoms with Gasteiger partial charge in [-0.25, -0.2) is 32.2 Å². The van der Waals surface area contributed by atoms with E-state index in [0.717, 1.165) is 0 Å². The second-order valence-corrected chi connectivity index (χ2v) is 4.86. The third kappa shape index (κ3) is 4.14. The van der Waals surface area contributed by atoms with Crippen LogP contribution < -0.4 is 5.43 Å². The van der Waals surface area contributed by atoms with E-state index in [-0.39, 0.29) is 0 Å². The molecule has 21 heavy (non-hydrogen) atoms. The van der Waals surface area contributed by atoms with Crippen molar-refractivity contribution in [3.63, 3.8) is 0 Å².